The van der Waals surface area contributed by atoms with Gasteiger partial charge in [-0.25, -0.2) is 0 Å². The largest absolute Gasteiger partial charge is 0.289 e. The molecule has 1 atom stereocenters. The Morgan fingerprint density at radius 1 is 1.50 bits per heavy atom. The number of rotatable bonds is 1. The first-order valence-electron chi connectivity index (χ1n) is 4.41. The van der Waals surface area contributed by atoms with E-state index in [1.807, 2.05) is 12.1 Å². The average Bonchev–Trinajstić information content (AvgIpc) is 2.75. The molecule has 1 aromatic heterocycles. The topological polar surface area (TPSA) is 64.7 Å². The molecule has 5 heteroatoms. The standard InChI is InChI=1S/C11H5ClN2OS/c1-5-8(6(2-13)3-14)7-4-16-11(12)9(7)10(5)15/h4,6,8H,1H2. The average molecular weight is 249 g/mol. The molecule has 0 aliphatic heterocycles. The van der Waals surface area contributed by atoms with Gasteiger partial charge in [0.1, 0.15) is 10.3 Å². The molecule has 78 valence electrons. The van der Waals surface area contributed by atoms with Gasteiger partial charge in [0.25, 0.3) is 0 Å². The van der Waals surface area contributed by atoms with Crippen molar-refractivity contribution in [2.24, 2.45) is 5.92 Å². The summed E-state index contributed by atoms with van der Waals surface area (Å²) >= 11 is 7.13. The van der Waals surface area contributed by atoms with Crippen molar-refractivity contribution in [2.45, 2.75) is 5.92 Å². The van der Waals surface area contributed by atoms with Crippen molar-refractivity contribution >= 4 is 28.7 Å². The van der Waals surface area contributed by atoms with Crippen LogP contribution in [-0.2, 0) is 0 Å². The van der Waals surface area contributed by atoms with Gasteiger partial charge in [0.05, 0.1) is 17.7 Å². The predicted octanol–water partition coefficient (Wildman–Crippen LogP) is 2.90. The third-order valence-corrected chi connectivity index (χ3v) is 3.85. The van der Waals surface area contributed by atoms with E-state index >= 15 is 0 Å². The maximum atomic E-state index is 11.8. The third-order valence-electron chi connectivity index (χ3n) is 2.62. The zero-order valence-electron chi connectivity index (χ0n) is 8.03. The van der Waals surface area contributed by atoms with Crippen LogP contribution < -0.4 is 0 Å². The second-order valence-corrected chi connectivity index (χ2v) is 4.89. The number of carbonyl (C=O) groups excluding carboxylic acids is 1. The van der Waals surface area contributed by atoms with E-state index in [4.69, 9.17) is 22.1 Å². The Morgan fingerprint density at radius 2 is 2.12 bits per heavy atom. The van der Waals surface area contributed by atoms with Crippen LogP contribution in [0.25, 0.3) is 0 Å². The summed E-state index contributed by atoms with van der Waals surface area (Å²) < 4.78 is 0.401. The first kappa shape index (κ1) is 10.9. The molecule has 0 fully saturated rings. The number of carbonyl (C=O) groups is 1. The number of nitriles is 2. The molecule has 0 amide bonds. The Hall–Kier alpha value is -1.62. The van der Waals surface area contributed by atoms with Gasteiger partial charge in [-0.1, -0.05) is 18.2 Å². The van der Waals surface area contributed by atoms with Crippen molar-refractivity contribution in [1.29, 1.82) is 10.5 Å². The van der Waals surface area contributed by atoms with Crippen molar-refractivity contribution in [2.75, 3.05) is 0 Å². The molecule has 16 heavy (non-hydrogen) atoms. The van der Waals surface area contributed by atoms with E-state index in [-0.39, 0.29) is 11.4 Å². The first-order chi connectivity index (χ1) is 7.61. The van der Waals surface area contributed by atoms with Gasteiger partial charge in [0.15, 0.2) is 5.78 Å². The predicted molar refractivity (Wildman–Crippen MR) is 60.3 cm³/mol. The number of hydrogen-bond acceptors (Lipinski definition) is 4. The molecule has 1 aromatic rings. The van der Waals surface area contributed by atoms with Crippen molar-refractivity contribution in [3.05, 3.63) is 33.0 Å². The molecule has 3 nitrogen and oxygen atoms in total. The quantitative estimate of drug-likeness (QED) is 0.718. The summed E-state index contributed by atoms with van der Waals surface area (Å²) in [6.07, 6.45) is 0. The summed E-state index contributed by atoms with van der Waals surface area (Å²) in [6.45, 7) is 3.66. The van der Waals surface area contributed by atoms with Gasteiger partial charge in [0.2, 0.25) is 0 Å². The molecule has 0 bridgehead atoms. The van der Waals surface area contributed by atoms with Crippen LogP contribution in [0.15, 0.2) is 17.5 Å². The monoisotopic (exact) mass is 248 g/mol. The SMILES string of the molecule is C=C1C(=O)c2c(csc2Cl)C1C(C#N)C#N. The normalized spacial score (nSPS) is 18.4. The lowest BCUT2D eigenvalue weighted by Gasteiger charge is -2.10. The van der Waals surface area contributed by atoms with E-state index in [1.165, 1.54) is 11.3 Å². The summed E-state index contributed by atoms with van der Waals surface area (Å²) in [4.78, 5) is 11.8. The van der Waals surface area contributed by atoms with Crippen LogP contribution in [0.4, 0.5) is 0 Å². The van der Waals surface area contributed by atoms with E-state index in [1.54, 1.807) is 5.38 Å². The number of Topliss-reactive ketones (excluding diaryl/α,β-unsaturated/α-hetero) is 1. The van der Waals surface area contributed by atoms with Crippen molar-refractivity contribution in [3.63, 3.8) is 0 Å². The lowest BCUT2D eigenvalue weighted by molar-refractivity contribution is 0.103. The highest BCUT2D eigenvalue weighted by Crippen LogP contribution is 2.46. The number of allylic oxidation sites excluding steroid dienone is 1. The second-order valence-electron chi connectivity index (χ2n) is 3.41. The van der Waals surface area contributed by atoms with Crippen LogP contribution in [0.3, 0.4) is 0 Å². The smallest absolute Gasteiger partial charge is 0.191 e. The Bertz CT molecular complexity index is 562. The molecule has 0 radical (unpaired) electrons. The molecule has 1 aliphatic carbocycles. The minimum absolute atomic E-state index is 0.248. The van der Waals surface area contributed by atoms with Crippen LogP contribution in [0, 0.1) is 28.6 Å². The van der Waals surface area contributed by atoms with Gasteiger partial charge >= 0.3 is 0 Å². The molecular weight excluding hydrogens is 244 g/mol. The first-order valence-corrected chi connectivity index (χ1v) is 5.67. The molecule has 0 aromatic carbocycles. The molecule has 1 unspecified atom stereocenters. The number of ketones is 1. The van der Waals surface area contributed by atoms with Gasteiger partial charge in [-0.05, 0) is 10.9 Å². The van der Waals surface area contributed by atoms with Gasteiger partial charge < -0.3 is 0 Å². The van der Waals surface area contributed by atoms with Crippen LogP contribution in [0.1, 0.15) is 21.8 Å². The highest BCUT2D eigenvalue weighted by molar-refractivity contribution is 7.15. The highest BCUT2D eigenvalue weighted by atomic mass is 35.5. The minimum Gasteiger partial charge on any atom is -0.289 e. The summed E-state index contributed by atoms with van der Waals surface area (Å²) in [6, 6.07) is 3.76. The maximum absolute atomic E-state index is 11.8. The number of thiophene rings is 1. The maximum Gasteiger partial charge on any atom is 0.191 e. The number of hydrogen-bond donors (Lipinski definition) is 0. The number of fused-ring (bicyclic) bond motifs is 1. The summed E-state index contributed by atoms with van der Waals surface area (Å²) in [5.74, 6) is -1.66. The van der Waals surface area contributed by atoms with Crippen molar-refractivity contribution < 1.29 is 4.79 Å². The van der Waals surface area contributed by atoms with Crippen LogP contribution >= 0.6 is 22.9 Å². The van der Waals surface area contributed by atoms with Crippen LogP contribution in [0.2, 0.25) is 4.34 Å². The molecule has 1 heterocycles. The molecule has 0 saturated carbocycles. The van der Waals surface area contributed by atoms with Gasteiger partial charge in [0, 0.05) is 11.5 Å². The molecule has 2 rings (SSSR count). The number of nitrogens with zero attached hydrogens (tertiary/aromatic N) is 2. The Labute approximate surface area is 101 Å². The Balaban J connectivity index is 2.59. The fourth-order valence-electron chi connectivity index (χ4n) is 1.84. The number of halogens is 1. The second kappa shape index (κ2) is 3.75. The molecule has 1 aliphatic rings. The van der Waals surface area contributed by atoms with Crippen molar-refractivity contribution in [3.8, 4) is 12.1 Å². The van der Waals surface area contributed by atoms with E-state index in [9.17, 15) is 4.79 Å². The Kier molecular flexibility index (Phi) is 2.55. The molecule has 0 spiro atoms. The van der Waals surface area contributed by atoms with Gasteiger partial charge in [-0.2, -0.15) is 10.5 Å². The fraction of sp³-hybridized carbons (Fsp3) is 0.182. The Morgan fingerprint density at radius 3 is 2.69 bits per heavy atom. The van der Waals surface area contributed by atoms with Gasteiger partial charge in [-0.15, -0.1) is 11.3 Å². The minimum atomic E-state index is -0.886. The lowest BCUT2D eigenvalue weighted by atomic mass is 9.88. The third kappa shape index (κ3) is 1.28. The van der Waals surface area contributed by atoms with Crippen LogP contribution in [0.5, 0.6) is 0 Å². The molecule has 0 N–H and O–H groups in total. The van der Waals surface area contributed by atoms with E-state index in [0.29, 0.717) is 15.5 Å². The summed E-state index contributed by atoms with van der Waals surface area (Å²) in [5.41, 5.74) is 1.36. The lowest BCUT2D eigenvalue weighted by Crippen LogP contribution is -2.09. The molecule has 0 saturated heterocycles. The van der Waals surface area contributed by atoms with E-state index in [0.717, 1.165) is 0 Å². The molecular formula is C11H5ClN2OS. The fourth-order valence-corrected chi connectivity index (χ4v) is 3.00. The highest BCUT2D eigenvalue weighted by Gasteiger charge is 2.41. The summed E-state index contributed by atoms with van der Waals surface area (Å²) in [5, 5.41) is 19.5. The van der Waals surface area contributed by atoms with Crippen LogP contribution in [-0.4, -0.2) is 5.78 Å². The summed E-state index contributed by atoms with van der Waals surface area (Å²) in [7, 11) is 0. The zero-order chi connectivity index (χ0) is 11.9. The van der Waals surface area contributed by atoms with E-state index in [2.05, 4.69) is 6.58 Å². The zero-order valence-corrected chi connectivity index (χ0v) is 9.60. The van der Waals surface area contributed by atoms with E-state index < -0.39 is 11.8 Å². The van der Waals surface area contributed by atoms with Gasteiger partial charge in [-0.3, -0.25) is 4.79 Å². The van der Waals surface area contributed by atoms with Crippen molar-refractivity contribution in [1.82, 2.24) is 0 Å².